The third-order valence-electron chi connectivity index (χ3n) is 3.93. The average molecular weight is 353 g/mol. The molecule has 0 aliphatic carbocycles. The molecule has 128 valence electrons. The lowest BCUT2D eigenvalue weighted by Crippen LogP contribution is -2.27. The molecule has 1 aromatic carbocycles. The smallest absolute Gasteiger partial charge is 0.340 e. The van der Waals surface area contributed by atoms with E-state index in [2.05, 4.69) is 0 Å². The normalized spacial score (nSPS) is 22.2. The molecule has 24 heavy (non-hydrogen) atoms. The van der Waals surface area contributed by atoms with Gasteiger partial charge in [-0.25, -0.2) is 17.6 Å². The number of hydrogen-bond acceptors (Lipinski definition) is 6. The summed E-state index contributed by atoms with van der Waals surface area (Å²) in [6.07, 6.45) is 0.167. The highest BCUT2D eigenvalue weighted by molar-refractivity contribution is 7.95. The Bertz CT molecular complexity index is 872. The van der Waals surface area contributed by atoms with Gasteiger partial charge in [0.25, 0.3) is 0 Å². The van der Waals surface area contributed by atoms with Gasteiger partial charge in [0.2, 0.25) is 5.88 Å². The van der Waals surface area contributed by atoms with Crippen molar-refractivity contribution in [1.29, 1.82) is 0 Å². The fraction of sp³-hybridized carbons (Fsp3) is 0.312. The van der Waals surface area contributed by atoms with E-state index in [1.54, 1.807) is 13.0 Å². The first-order valence-corrected chi connectivity index (χ1v) is 9.06. The number of ether oxygens (including phenoxy) is 2. The zero-order chi connectivity index (χ0) is 17.5. The van der Waals surface area contributed by atoms with Crippen molar-refractivity contribution in [2.24, 2.45) is 5.73 Å². The summed E-state index contributed by atoms with van der Waals surface area (Å²) in [5, 5.41) is 0. The Balaban J connectivity index is 2.21. The first kappa shape index (κ1) is 16.5. The van der Waals surface area contributed by atoms with E-state index in [9.17, 15) is 17.6 Å². The SMILES string of the molecule is CCOC(=O)C1=C(N)OC2=C(C1c1cccc(F)c1)S(=O)(=O)CC2. The van der Waals surface area contributed by atoms with Crippen LogP contribution in [-0.4, -0.2) is 26.7 Å². The quantitative estimate of drug-likeness (QED) is 0.831. The molecule has 2 heterocycles. The van der Waals surface area contributed by atoms with Crippen LogP contribution >= 0.6 is 0 Å². The van der Waals surface area contributed by atoms with Crippen LogP contribution in [0.25, 0.3) is 0 Å². The zero-order valence-corrected chi connectivity index (χ0v) is 13.7. The molecule has 1 unspecified atom stereocenters. The second-order valence-electron chi connectivity index (χ2n) is 5.44. The summed E-state index contributed by atoms with van der Waals surface area (Å²) in [6, 6.07) is 5.41. The summed E-state index contributed by atoms with van der Waals surface area (Å²) < 4.78 is 48.9. The number of sulfone groups is 1. The molecule has 0 spiro atoms. The van der Waals surface area contributed by atoms with Gasteiger partial charge in [-0.1, -0.05) is 12.1 Å². The molecule has 1 aromatic rings. The van der Waals surface area contributed by atoms with Gasteiger partial charge in [0, 0.05) is 6.42 Å². The van der Waals surface area contributed by atoms with Crippen LogP contribution in [0.2, 0.25) is 0 Å². The molecule has 0 fully saturated rings. The predicted octanol–water partition coefficient (Wildman–Crippen LogP) is 1.70. The molecule has 2 N–H and O–H groups in total. The minimum absolute atomic E-state index is 0.0367. The molecule has 2 aliphatic heterocycles. The lowest BCUT2D eigenvalue weighted by atomic mass is 9.88. The van der Waals surface area contributed by atoms with Gasteiger partial charge >= 0.3 is 5.97 Å². The van der Waals surface area contributed by atoms with Gasteiger partial charge in [-0.05, 0) is 24.6 Å². The molecule has 0 radical (unpaired) electrons. The maximum atomic E-state index is 13.7. The van der Waals surface area contributed by atoms with Crippen LogP contribution in [0.3, 0.4) is 0 Å². The molecule has 0 aromatic heterocycles. The Labute approximate surface area is 138 Å². The minimum atomic E-state index is -3.63. The number of rotatable bonds is 3. The van der Waals surface area contributed by atoms with Gasteiger partial charge in [0.1, 0.15) is 17.1 Å². The molecule has 6 nitrogen and oxygen atoms in total. The van der Waals surface area contributed by atoms with E-state index in [1.165, 1.54) is 18.2 Å². The fourth-order valence-electron chi connectivity index (χ4n) is 2.97. The van der Waals surface area contributed by atoms with E-state index in [4.69, 9.17) is 15.2 Å². The van der Waals surface area contributed by atoms with E-state index in [1.807, 2.05) is 0 Å². The molecule has 0 amide bonds. The van der Waals surface area contributed by atoms with Crippen molar-refractivity contribution in [1.82, 2.24) is 0 Å². The summed E-state index contributed by atoms with van der Waals surface area (Å²) in [5.74, 6) is -2.49. The summed E-state index contributed by atoms with van der Waals surface area (Å²) in [7, 11) is -3.63. The van der Waals surface area contributed by atoms with E-state index < -0.39 is 27.5 Å². The third-order valence-corrected chi connectivity index (χ3v) is 5.81. The molecule has 1 atom stereocenters. The van der Waals surface area contributed by atoms with E-state index in [0.717, 1.165) is 0 Å². The molecule has 8 heteroatoms. The largest absolute Gasteiger partial charge is 0.462 e. The van der Waals surface area contributed by atoms with Crippen molar-refractivity contribution in [2.45, 2.75) is 19.3 Å². The number of halogens is 1. The van der Waals surface area contributed by atoms with Crippen molar-refractivity contribution in [3.05, 3.63) is 57.8 Å². The number of esters is 1. The van der Waals surface area contributed by atoms with Gasteiger partial charge in [-0.15, -0.1) is 0 Å². The number of allylic oxidation sites excluding steroid dienone is 2. The van der Waals surface area contributed by atoms with Gasteiger partial charge in [-0.3, -0.25) is 0 Å². The van der Waals surface area contributed by atoms with Crippen LogP contribution in [-0.2, 0) is 24.1 Å². The highest BCUT2D eigenvalue weighted by Gasteiger charge is 2.45. The van der Waals surface area contributed by atoms with Crippen LogP contribution < -0.4 is 5.73 Å². The number of benzene rings is 1. The first-order chi connectivity index (χ1) is 11.3. The lowest BCUT2D eigenvalue weighted by Gasteiger charge is -2.27. The Morgan fingerprint density at radius 3 is 2.88 bits per heavy atom. The number of carbonyl (C=O) groups is 1. The van der Waals surface area contributed by atoms with E-state index in [0.29, 0.717) is 5.56 Å². The first-order valence-electron chi connectivity index (χ1n) is 7.41. The summed E-state index contributed by atoms with van der Waals surface area (Å²) in [6.45, 7) is 1.71. The minimum Gasteiger partial charge on any atom is -0.462 e. The summed E-state index contributed by atoms with van der Waals surface area (Å²) >= 11 is 0. The van der Waals surface area contributed by atoms with Crippen molar-refractivity contribution >= 4 is 15.8 Å². The van der Waals surface area contributed by atoms with Gasteiger partial charge < -0.3 is 15.2 Å². The molecular formula is C16H16FNO5S. The molecule has 2 aliphatic rings. The molecule has 3 rings (SSSR count). The highest BCUT2D eigenvalue weighted by atomic mass is 32.2. The lowest BCUT2D eigenvalue weighted by molar-refractivity contribution is -0.139. The van der Waals surface area contributed by atoms with Gasteiger partial charge in [0.05, 0.1) is 23.2 Å². The van der Waals surface area contributed by atoms with Crippen molar-refractivity contribution < 1.29 is 27.1 Å². The standard InChI is InChI=1S/C16H16FNO5S/c1-2-22-16(19)13-12(9-4-3-5-10(17)8-9)14-11(23-15(13)18)6-7-24(14,20)21/h3-5,8,12H,2,6-7,18H2,1H3. The number of hydrogen-bond donors (Lipinski definition) is 1. The average Bonchev–Trinajstić information content (AvgIpc) is 2.81. The van der Waals surface area contributed by atoms with Crippen LogP contribution in [0.1, 0.15) is 24.8 Å². The monoisotopic (exact) mass is 353 g/mol. The number of carbonyl (C=O) groups excluding carboxylic acids is 1. The molecule has 0 saturated heterocycles. The Hall–Kier alpha value is -2.35. The topological polar surface area (TPSA) is 95.7 Å². The second kappa shape index (κ2) is 5.94. The van der Waals surface area contributed by atoms with Gasteiger partial charge in [-0.2, -0.15) is 0 Å². The second-order valence-corrected chi connectivity index (χ2v) is 7.52. The van der Waals surface area contributed by atoms with Crippen LogP contribution in [0, 0.1) is 5.82 Å². The van der Waals surface area contributed by atoms with Gasteiger partial charge in [0.15, 0.2) is 9.84 Å². The van der Waals surface area contributed by atoms with E-state index >= 15 is 0 Å². The fourth-order valence-corrected chi connectivity index (χ4v) is 4.75. The maximum absolute atomic E-state index is 13.7. The van der Waals surface area contributed by atoms with Crippen LogP contribution in [0.15, 0.2) is 46.4 Å². The zero-order valence-electron chi connectivity index (χ0n) is 12.9. The molecule has 0 saturated carbocycles. The Morgan fingerprint density at radius 2 is 2.21 bits per heavy atom. The van der Waals surface area contributed by atoms with Crippen molar-refractivity contribution in [3.63, 3.8) is 0 Å². The highest BCUT2D eigenvalue weighted by Crippen LogP contribution is 2.46. The van der Waals surface area contributed by atoms with E-state index in [-0.39, 0.29) is 40.9 Å². The maximum Gasteiger partial charge on any atom is 0.340 e. The Morgan fingerprint density at radius 1 is 1.46 bits per heavy atom. The van der Waals surface area contributed by atoms with Crippen LogP contribution in [0.5, 0.6) is 0 Å². The summed E-state index contributed by atoms with van der Waals surface area (Å²) in [4.78, 5) is 12.3. The summed E-state index contributed by atoms with van der Waals surface area (Å²) in [5.41, 5.74) is 6.04. The van der Waals surface area contributed by atoms with Crippen molar-refractivity contribution in [2.75, 3.05) is 12.4 Å². The molecule has 0 bridgehead atoms. The Kier molecular flexibility index (Phi) is 4.08. The molecular weight excluding hydrogens is 337 g/mol. The third kappa shape index (κ3) is 2.66. The van der Waals surface area contributed by atoms with Crippen LogP contribution in [0.4, 0.5) is 4.39 Å². The number of nitrogens with two attached hydrogens (primary N) is 1. The van der Waals surface area contributed by atoms with Crippen molar-refractivity contribution in [3.8, 4) is 0 Å². The predicted molar refractivity (Wildman–Crippen MR) is 83.5 cm³/mol.